The van der Waals surface area contributed by atoms with E-state index in [1.807, 2.05) is 0 Å². The fourth-order valence-corrected chi connectivity index (χ4v) is 2.91. The van der Waals surface area contributed by atoms with E-state index >= 15 is 0 Å². The number of aliphatic carboxylic acids is 1. The van der Waals surface area contributed by atoms with Gasteiger partial charge in [-0.25, -0.2) is 9.18 Å². The zero-order valence-corrected chi connectivity index (χ0v) is 13.8. The highest BCUT2D eigenvalue weighted by Gasteiger charge is 2.44. The highest BCUT2D eigenvalue weighted by molar-refractivity contribution is 6.74. The number of rotatable bonds is 5. The molecule has 1 amide bonds. The van der Waals surface area contributed by atoms with Gasteiger partial charge in [0.15, 0.2) is 14.5 Å². The summed E-state index contributed by atoms with van der Waals surface area (Å²) in [7, 11) is -1.94. The number of alkyl halides is 1. The second kappa shape index (κ2) is 5.81. The number of hydrogen-bond donors (Lipinski definition) is 1. The van der Waals surface area contributed by atoms with Crippen LogP contribution in [0.1, 0.15) is 27.2 Å². The SMILES string of the molecule is CC(C)(C)[Si](C)(C)OCCN1C(=O)[C@H](F)C[C@H]1C(=O)O. The third-order valence-corrected chi connectivity index (χ3v) is 8.78. The second-order valence-corrected chi connectivity index (χ2v) is 11.5. The van der Waals surface area contributed by atoms with Gasteiger partial charge in [0.1, 0.15) is 6.04 Å². The average Bonchev–Trinajstić information content (AvgIpc) is 2.55. The molecule has 1 rings (SSSR count). The van der Waals surface area contributed by atoms with Gasteiger partial charge in [-0.05, 0) is 18.1 Å². The second-order valence-electron chi connectivity index (χ2n) is 6.70. The molecule has 2 atom stereocenters. The molecule has 0 aliphatic carbocycles. The van der Waals surface area contributed by atoms with Crippen molar-refractivity contribution in [3.05, 3.63) is 0 Å². The largest absolute Gasteiger partial charge is 0.480 e. The van der Waals surface area contributed by atoms with E-state index < -0.39 is 32.4 Å². The molecule has 1 aliphatic heterocycles. The maximum atomic E-state index is 13.3. The van der Waals surface area contributed by atoms with Gasteiger partial charge in [-0.3, -0.25) is 4.79 Å². The molecule has 1 heterocycles. The zero-order chi connectivity index (χ0) is 15.7. The van der Waals surface area contributed by atoms with Crippen molar-refractivity contribution >= 4 is 20.2 Å². The molecule has 0 aromatic heterocycles. The maximum Gasteiger partial charge on any atom is 0.326 e. The molecule has 1 aliphatic rings. The Labute approximate surface area is 120 Å². The van der Waals surface area contributed by atoms with E-state index in [1.165, 1.54) is 0 Å². The number of likely N-dealkylation sites (tertiary alicyclic amines) is 1. The Kier molecular flexibility index (Phi) is 4.97. The Balaban J connectivity index is 2.60. The van der Waals surface area contributed by atoms with Crippen LogP contribution in [0.3, 0.4) is 0 Å². The lowest BCUT2D eigenvalue weighted by Crippen LogP contribution is -2.45. The monoisotopic (exact) mass is 305 g/mol. The quantitative estimate of drug-likeness (QED) is 0.789. The standard InChI is InChI=1S/C13H24FNO4Si/c1-13(2,3)20(4,5)19-7-6-15-10(12(17)18)8-9(14)11(15)16/h9-10H,6-8H2,1-5H3,(H,17,18)/t9-,10+/m1/s1. The molecule has 1 saturated heterocycles. The average molecular weight is 305 g/mol. The van der Waals surface area contributed by atoms with Crippen LogP contribution >= 0.6 is 0 Å². The summed E-state index contributed by atoms with van der Waals surface area (Å²) < 4.78 is 19.2. The first-order valence-corrected chi connectivity index (χ1v) is 9.69. The lowest BCUT2D eigenvalue weighted by molar-refractivity contribution is -0.146. The van der Waals surface area contributed by atoms with E-state index in [2.05, 4.69) is 33.9 Å². The van der Waals surface area contributed by atoms with Gasteiger partial charge in [0.05, 0.1) is 6.61 Å². The third-order valence-electron chi connectivity index (χ3n) is 4.24. The molecule has 0 spiro atoms. The van der Waals surface area contributed by atoms with Crippen molar-refractivity contribution in [1.29, 1.82) is 0 Å². The molecule has 0 bridgehead atoms. The Morgan fingerprint density at radius 2 is 2.05 bits per heavy atom. The number of carbonyl (C=O) groups is 2. The minimum atomic E-state index is -1.94. The molecule has 7 heteroatoms. The van der Waals surface area contributed by atoms with Gasteiger partial charge in [0.2, 0.25) is 0 Å². The molecule has 0 unspecified atom stereocenters. The van der Waals surface area contributed by atoms with Crippen molar-refractivity contribution in [3.8, 4) is 0 Å². The van der Waals surface area contributed by atoms with E-state index in [-0.39, 0.29) is 24.6 Å². The van der Waals surface area contributed by atoms with Crippen LogP contribution in [-0.4, -0.2) is 55.6 Å². The summed E-state index contributed by atoms with van der Waals surface area (Å²) in [5.41, 5.74) is 0. The normalized spacial score (nSPS) is 24.3. The van der Waals surface area contributed by atoms with Crippen molar-refractivity contribution in [2.75, 3.05) is 13.2 Å². The van der Waals surface area contributed by atoms with E-state index in [0.717, 1.165) is 4.90 Å². The van der Waals surface area contributed by atoms with Crippen molar-refractivity contribution < 1.29 is 23.5 Å². The molecule has 0 radical (unpaired) electrons. The van der Waals surface area contributed by atoms with Gasteiger partial charge in [-0.1, -0.05) is 20.8 Å². The van der Waals surface area contributed by atoms with Crippen LogP contribution in [0.4, 0.5) is 4.39 Å². The molecule has 1 N–H and O–H groups in total. The van der Waals surface area contributed by atoms with Gasteiger partial charge >= 0.3 is 5.97 Å². The molecule has 20 heavy (non-hydrogen) atoms. The summed E-state index contributed by atoms with van der Waals surface area (Å²) in [6.45, 7) is 10.8. The van der Waals surface area contributed by atoms with Gasteiger partial charge in [-0.15, -0.1) is 0 Å². The first kappa shape index (κ1) is 17.1. The molecule has 1 fully saturated rings. The van der Waals surface area contributed by atoms with Crippen molar-refractivity contribution in [2.45, 2.75) is 57.5 Å². The van der Waals surface area contributed by atoms with E-state index in [1.54, 1.807) is 0 Å². The lowest BCUT2D eigenvalue weighted by atomic mass is 10.2. The molecule has 116 valence electrons. The summed E-state index contributed by atoms with van der Waals surface area (Å²) in [6.07, 6.45) is -1.97. The minimum Gasteiger partial charge on any atom is -0.480 e. The predicted molar refractivity (Wildman–Crippen MR) is 75.8 cm³/mol. The Hall–Kier alpha value is -0.953. The topological polar surface area (TPSA) is 66.8 Å². The summed E-state index contributed by atoms with van der Waals surface area (Å²) in [4.78, 5) is 23.7. The van der Waals surface area contributed by atoms with Crippen LogP contribution < -0.4 is 0 Å². The number of amides is 1. The molecular formula is C13H24FNO4Si. The third kappa shape index (κ3) is 3.57. The van der Waals surface area contributed by atoms with Gasteiger partial charge in [0.25, 0.3) is 5.91 Å². The first-order chi connectivity index (χ1) is 8.97. The zero-order valence-electron chi connectivity index (χ0n) is 12.8. The number of carbonyl (C=O) groups excluding carboxylic acids is 1. The van der Waals surface area contributed by atoms with Crippen LogP contribution in [0.2, 0.25) is 18.1 Å². The van der Waals surface area contributed by atoms with Crippen LogP contribution in [-0.2, 0) is 14.0 Å². The number of halogens is 1. The Morgan fingerprint density at radius 3 is 2.50 bits per heavy atom. The summed E-state index contributed by atoms with van der Waals surface area (Å²) in [6, 6.07) is -1.07. The lowest BCUT2D eigenvalue weighted by Gasteiger charge is -2.36. The Bertz CT molecular complexity index is 394. The number of carboxylic acid groups (broad SMARTS) is 1. The fraction of sp³-hybridized carbons (Fsp3) is 0.846. The maximum absolute atomic E-state index is 13.3. The van der Waals surface area contributed by atoms with Crippen LogP contribution in [0.5, 0.6) is 0 Å². The van der Waals surface area contributed by atoms with E-state index in [9.17, 15) is 14.0 Å². The van der Waals surface area contributed by atoms with E-state index in [4.69, 9.17) is 9.53 Å². The highest BCUT2D eigenvalue weighted by Crippen LogP contribution is 2.36. The van der Waals surface area contributed by atoms with Crippen LogP contribution in [0.15, 0.2) is 0 Å². The van der Waals surface area contributed by atoms with Crippen molar-refractivity contribution in [1.82, 2.24) is 4.90 Å². The Morgan fingerprint density at radius 1 is 1.50 bits per heavy atom. The molecular weight excluding hydrogens is 281 g/mol. The van der Waals surface area contributed by atoms with Crippen LogP contribution in [0, 0.1) is 0 Å². The highest BCUT2D eigenvalue weighted by atomic mass is 28.4. The molecule has 5 nitrogen and oxygen atoms in total. The van der Waals surface area contributed by atoms with Crippen molar-refractivity contribution in [3.63, 3.8) is 0 Å². The number of carboxylic acids is 1. The van der Waals surface area contributed by atoms with Gasteiger partial charge < -0.3 is 14.4 Å². The first-order valence-electron chi connectivity index (χ1n) is 6.78. The molecule has 0 saturated carbocycles. The molecule has 0 aromatic carbocycles. The fourth-order valence-electron chi connectivity index (χ4n) is 1.87. The number of nitrogens with zero attached hydrogens (tertiary/aromatic N) is 1. The van der Waals surface area contributed by atoms with Crippen LogP contribution in [0.25, 0.3) is 0 Å². The van der Waals surface area contributed by atoms with Gasteiger partial charge in [-0.2, -0.15) is 0 Å². The predicted octanol–water partition coefficient (Wildman–Crippen LogP) is 2.03. The number of hydrogen-bond acceptors (Lipinski definition) is 3. The smallest absolute Gasteiger partial charge is 0.326 e. The summed E-state index contributed by atoms with van der Waals surface area (Å²) >= 11 is 0. The summed E-state index contributed by atoms with van der Waals surface area (Å²) in [5, 5.41) is 9.05. The van der Waals surface area contributed by atoms with Crippen molar-refractivity contribution in [2.24, 2.45) is 0 Å². The minimum absolute atomic E-state index is 0.0385. The van der Waals surface area contributed by atoms with E-state index in [0.29, 0.717) is 0 Å². The summed E-state index contributed by atoms with van der Waals surface area (Å²) in [5.74, 6) is -1.90. The van der Waals surface area contributed by atoms with Gasteiger partial charge in [0, 0.05) is 13.0 Å². The molecule has 0 aromatic rings.